The van der Waals surface area contributed by atoms with Gasteiger partial charge in [-0.15, -0.1) is 11.3 Å². The summed E-state index contributed by atoms with van der Waals surface area (Å²) in [4.78, 5) is 18.3. The highest BCUT2D eigenvalue weighted by molar-refractivity contribution is 7.88. The number of likely N-dealkylation sites (tertiary alicyclic amines) is 1. The van der Waals surface area contributed by atoms with E-state index < -0.39 is 10.0 Å². The van der Waals surface area contributed by atoms with Gasteiger partial charge in [-0.05, 0) is 49.7 Å². The van der Waals surface area contributed by atoms with Gasteiger partial charge in [-0.1, -0.05) is 0 Å². The largest absolute Gasteiger partial charge is 0.337 e. The SMILES string of the molecule is C[C@@H](C(=O)N1CCc2sccc2C1)N1CCC[C@H](NS(C)(=O)=O)C1. The number of amides is 1. The van der Waals surface area contributed by atoms with Crippen LogP contribution in [0.1, 0.15) is 30.2 Å². The Morgan fingerprint density at radius 3 is 2.96 bits per heavy atom. The quantitative estimate of drug-likeness (QED) is 0.858. The van der Waals surface area contributed by atoms with Crippen molar-refractivity contribution in [3.63, 3.8) is 0 Å². The highest BCUT2D eigenvalue weighted by Crippen LogP contribution is 2.25. The minimum absolute atomic E-state index is 0.103. The van der Waals surface area contributed by atoms with Crippen molar-refractivity contribution in [3.05, 3.63) is 21.9 Å². The van der Waals surface area contributed by atoms with Gasteiger partial charge in [0.15, 0.2) is 0 Å². The lowest BCUT2D eigenvalue weighted by Crippen LogP contribution is -2.55. The Morgan fingerprint density at radius 2 is 2.21 bits per heavy atom. The molecule has 8 heteroatoms. The Hall–Kier alpha value is -0.960. The summed E-state index contributed by atoms with van der Waals surface area (Å²) in [7, 11) is -3.21. The van der Waals surface area contributed by atoms with Crippen LogP contribution in [0.3, 0.4) is 0 Å². The lowest BCUT2D eigenvalue weighted by molar-refractivity contribution is -0.137. The van der Waals surface area contributed by atoms with Gasteiger partial charge in [0, 0.05) is 30.6 Å². The van der Waals surface area contributed by atoms with Gasteiger partial charge in [-0.25, -0.2) is 13.1 Å². The zero-order valence-electron chi connectivity index (χ0n) is 14.2. The molecule has 1 saturated heterocycles. The molecule has 134 valence electrons. The van der Waals surface area contributed by atoms with Crippen molar-refractivity contribution < 1.29 is 13.2 Å². The third-order valence-electron chi connectivity index (χ3n) is 4.86. The molecule has 3 heterocycles. The molecular weight excluding hydrogens is 346 g/mol. The summed E-state index contributed by atoms with van der Waals surface area (Å²) in [6.07, 6.45) is 3.85. The number of hydrogen-bond donors (Lipinski definition) is 1. The monoisotopic (exact) mass is 371 g/mol. The first-order chi connectivity index (χ1) is 11.3. The molecular formula is C16H25N3O3S2. The topological polar surface area (TPSA) is 69.7 Å². The number of sulfonamides is 1. The number of carbonyl (C=O) groups excluding carboxylic acids is 1. The molecule has 0 bridgehead atoms. The van der Waals surface area contributed by atoms with Crippen molar-refractivity contribution in [2.24, 2.45) is 0 Å². The molecule has 0 unspecified atom stereocenters. The first-order valence-corrected chi connectivity index (χ1v) is 11.2. The molecule has 1 fully saturated rings. The summed E-state index contributed by atoms with van der Waals surface area (Å²) < 4.78 is 25.6. The number of piperidine rings is 1. The fourth-order valence-electron chi connectivity index (χ4n) is 3.61. The van der Waals surface area contributed by atoms with E-state index in [1.807, 2.05) is 11.8 Å². The minimum Gasteiger partial charge on any atom is -0.337 e. The summed E-state index contributed by atoms with van der Waals surface area (Å²) in [6, 6.07) is 1.79. The number of fused-ring (bicyclic) bond motifs is 1. The Kier molecular flexibility index (Phi) is 5.29. The molecule has 1 amide bonds. The molecule has 1 N–H and O–H groups in total. The summed E-state index contributed by atoms with van der Waals surface area (Å²) in [5.41, 5.74) is 1.27. The number of thiophene rings is 1. The summed E-state index contributed by atoms with van der Waals surface area (Å²) in [5.74, 6) is 0.145. The molecule has 3 rings (SSSR count). The second-order valence-corrected chi connectivity index (χ2v) is 9.56. The second-order valence-electron chi connectivity index (χ2n) is 6.78. The molecule has 0 spiro atoms. The van der Waals surface area contributed by atoms with E-state index in [9.17, 15) is 13.2 Å². The van der Waals surface area contributed by atoms with Crippen molar-refractivity contribution in [3.8, 4) is 0 Å². The average molecular weight is 372 g/mol. The molecule has 0 radical (unpaired) electrons. The molecule has 0 saturated carbocycles. The van der Waals surface area contributed by atoms with E-state index in [1.54, 1.807) is 11.3 Å². The van der Waals surface area contributed by atoms with Crippen molar-refractivity contribution in [1.29, 1.82) is 0 Å². The smallest absolute Gasteiger partial charge is 0.239 e. The number of carbonyl (C=O) groups is 1. The Bertz CT molecular complexity index is 701. The standard InChI is InChI=1S/C16H25N3O3S2/c1-12(18-7-3-4-14(11-18)17-24(2,21)22)16(20)19-8-5-15-13(10-19)6-9-23-15/h6,9,12,14,17H,3-5,7-8,10-11H2,1-2H3/t12-,14-/m0/s1. The van der Waals surface area contributed by atoms with Gasteiger partial charge in [-0.3, -0.25) is 9.69 Å². The maximum absolute atomic E-state index is 12.9. The van der Waals surface area contributed by atoms with Gasteiger partial charge >= 0.3 is 0 Å². The highest BCUT2D eigenvalue weighted by atomic mass is 32.2. The van der Waals surface area contributed by atoms with Crippen LogP contribution in [0.5, 0.6) is 0 Å². The zero-order chi connectivity index (χ0) is 17.3. The first kappa shape index (κ1) is 17.8. The van der Waals surface area contributed by atoms with Crippen LogP contribution in [0.2, 0.25) is 0 Å². The van der Waals surface area contributed by atoms with Gasteiger partial charge in [0.25, 0.3) is 0 Å². The molecule has 2 atom stereocenters. The van der Waals surface area contributed by atoms with Crippen molar-refractivity contribution in [1.82, 2.24) is 14.5 Å². The molecule has 1 aromatic rings. The normalized spacial score (nSPS) is 23.8. The Labute approximate surface area is 147 Å². The van der Waals surface area contributed by atoms with Crippen LogP contribution in [-0.2, 0) is 27.8 Å². The molecule has 0 aromatic carbocycles. The van der Waals surface area contributed by atoms with Crippen LogP contribution in [0.15, 0.2) is 11.4 Å². The van der Waals surface area contributed by atoms with Gasteiger partial charge in [0.1, 0.15) is 0 Å². The number of hydrogen-bond acceptors (Lipinski definition) is 5. The molecule has 6 nitrogen and oxygen atoms in total. The predicted molar refractivity (Wildman–Crippen MR) is 95.5 cm³/mol. The molecule has 0 aliphatic carbocycles. The van der Waals surface area contributed by atoms with E-state index >= 15 is 0 Å². The van der Waals surface area contributed by atoms with E-state index in [4.69, 9.17) is 0 Å². The molecule has 1 aromatic heterocycles. The van der Waals surface area contributed by atoms with E-state index in [2.05, 4.69) is 21.1 Å². The van der Waals surface area contributed by atoms with E-state index in [0.29, 0.717) is 13.1 Å². The van der Waals surface area contributed by atoms with Crippen LogP contribution in [0.4, 0.5) is 0 Å². The maximum atomic E-state index is 12.9. The van der Waals surface area contributed by atoms with Crippen LogP contribution in [0, 0.1) is 0 Å². The number of nitrogens with zero attached hydrogens (tertiary/aromatic N) is 2. The van der Waals surface area contributed by atoms with Crippen LogP contribution in [-0.4, -0.2) is 62.1 Å². The van der Waals surface area contributed by atoms with E-state index in [1.165, 1.54) is 16.7 Å². The van der Waals surface area contributed by atoms with Gasteiger partial charge in [0.05, 0.1) is 12.3 Å². The van der Waals surface area contributed by atoms with Crippen LogP contribution in [0.25, 0.3) is 0 Å². The molecule has 2 aliphatic heterocycles. The maximum Gasteiger partial charge on any atom is 0.239 e. The zero-order valence-corrected chi connectivity index (χ0v) is 15.8. The lowest BCUT2D eigenvalue weighted by Gasteiger charge is -2.38. The van der Waals surface area contributed by atoms with Gasteiger partial charge in [-0.2, -0.15) is 0 Å². The minimum atomic E-state index is -3.21. The Morgan fingerprint density at radius 1 is 1.42 bits per heavy atom. The van der Waals surface area contributed by atoms with Crippen LogP contribution < -0.4 is 4.72 Å². The number of nitrogens with one attached hydrogen (secondary N) is 1. The molecule has 24 heavy (non-hydrogen) atoms. The fraction of sp³-hybridized carbons (Fsp3) is 0.688. The average Bonchev–Trinajstić information content (AvgIpc) is 2.99. The highest BCUT2D eigenvalue weighted by Gasteiger charge is 2.32. The van der Waals surface area contributed by atoms with E-state index in [0.717, 1.165) is 32.4 Å². The summed E-state index contributed by atoms with van der Waals surface area (Å²) in [6.45, 7) is 4.84. The van der Waals surface area contributed by atoms with Crippen LogP contribution >= 0.6 is 11.3 Å². The predicted octanol–water partition coefficient (Wildman–Crippen LogP) is 1.03. The summed E-state index contributed by atoms with van der Waals surface area (Å²) >= 11 is 1.77. The van der Waals surface area contributed by atoms with E-state index in [-0.39, 0.29) is 18.0 Å². The second kappa shape index (κ2) is 7.11. The first-order valence-electron chi connectivity index (χ1n) is 8.39. The third kappa shape index (κ3) is 4.17. The molecule has 2 aliphatic rings. The Balaban J connectivity index is 1.61. The van der Waals surface area contributed by atoms with Crippen molar-refractivity contribution >= 4 is 27.3 Å². The lowest BCUT2D eigenvalue weighted by atomic mass is 10.0. The summed E-state index contributed by atoms with van der Waals surface area (Å²) in [5, 5.41) is 2.09. The van der Waals surface area contributed by atoms with Crippen molar-refractivity contribution in [2.45, 2.75) is 44.8 Å². The fourth-order valence-corrected chi connectivity index (χ4v) is 5.30. The third-order valence-corrected chi connectivity index (χ3v) is 6.64. The van der Waals surface area contributed by atoms with Gasteiger partial charge in [0.2, 0.25) is 15.9 Å². The van der Waals surface area contributed by atoms with Crippen molar-refractivity contribution in [2.75, 3.05) is 25.9 Å². The number of rotatable bonds is 4. The van der Waals surface area contributed by atoms with Gasteiger partial charge < -0.3 is 4.90 Å².